The number of rotatable bonds is 10. The number of nitrogens with zero attached hydrogens (tertiary/aromatic N) is 4. The number of pyridine rings is 1. The van der Waals surface area contributed by atoms with Crippen molar-refractivity contribution < 1.29 is 32.5 Å². The van der Waals surface area contributed by atoms with Gasteiger partial charge in [0, 0.05) is 44.0 Å². The molecule has 3 aromatic rings. The Morgan fingerprint density at radius 1 is 1.18 bits per heavy atom. The molecule has 12 heteroatoms. The molecule has 2 atom stereocenters. The predicted octanol–water partition coefficient (Wildman–Crippen LogP) is 3.78. The van der Waals surface area contributed by atoms with Crippen LogP contribution in [0.15, 0.2) is 31.0 Å². The summed E-state index contributed by atoms with van der Waals surface area (Å²) >= 11 is 0. The van der Waals surface area contributed by atoms with Crippen molar-refractivity contribution in [1.29, 1.82) is 0 Å². The lowest BCUT2D eigenvalue weighted by molar-refractivity contribution is -0.115. The van der Waals surface area contributed by atoms with E-state index in [0.29, 0.717) is 55.3 Å². The molecular weight excluding hydrogens is 524 g/mol. The molecule has 5 rings (SSSR count). The first-order valence-electron chi connectivity index (χ1n) is 12.8. The highest BCUT2D eigenvalue weighted by molar-refractivity contribution is 5.93. The van der Waals surface area contributed by atoms with E-state index in [9.17, 15) is 4.79 Å². The number of benzene rings is 1. The average molecular weight is 556 g/mol. The van der Waals surface area contributed by atoms with E-state index < -0.39 is 22.8 Å². The number of carbonyl (C=O) groups is 1. The summed E-state index contributed by atoms with van der Waals surface area (Å²) < 4.78 is 52.2. The van der Waals surface area contributed by atoms with Gasteiger partial charge in [-0.2, -0.15) is 0 Å². The average Bonchev–Trinajstić information content (AvgIpc) is 3.37. The van der Waals surface area contributed by atoms with Crippen LogP contribution in [0.3, 0.4) is 0 Å². The van der Waals surface area contributed by atoms with Gasteiger partial charge < -0.3 is 29.2 Å². The van der Waals surface area contributed by atoms with Crippen molar-refractivity contribution in [1.82, 2.24) is 15.0 Å². The second-order valence-corrected chi connectivity index (χ2v) is 10.2. The maximum absolute atomic E-state index is 15.4. The van der Waals surface area contributed by atoms with Crippen LogP contribution in [-0.2, 0) is 14.3 Å². The number of anilines is 2. The van der Waals surface area contributed by atoms with Crippen LogP contribution in [0.2, 0.25) is 0 Å². The second kappa shape index (κ2) is 10.9. The number of halogens is 2. The van der Waals surface area contributed by atoms with Crippen molar-refractivity contribution >= 4 is 28.3 Å². The Balaban J connectivity index is 1.58. The lowest BCUT2D eigenvalue weighted by atomic mass is 9.96. The van der Waals surface area contributed by atoms with Gasteiger partial charge >= 0.3 is 0 Å². The van der Waals surface area contributed by atoms with Crippen molar-refractivity contribution in [3.05, 3.63) is 42.6 Å². The predicted molar refractivity (Wildman–Crippen MR) is 145 cm³/mol. The molecule has 0 aliphatic carbocycles. The molecule has 2 aromatic heterocycles. The summed E-state index contributed by atoms with van der Waals surface area (Å²) in [4.78, 5) is 27.5. The van der Waals surface area contributed by atoms with Crippen LogP contribution in [0, 0.1) is 17.6 Å². The van der Waals surface area contributed by atoms with Gasteiger partial charge in [0.15, 0.2) is 34.7 Å². The van der Waals surface area contributed by atoms with Gasteiger partial charge in [-0.25, -0.2) is 23.7 Å². The zero-order chi connectivity index (χ0) is 28.6. The normalized spacial score (nSPS) is 19.8. The number of aromatic nitrogens is 3. The molecule has 2 fully saturated rings. The molecule has 10 nitrogen and oxygen atoms in total. The summed E-state index contributed by atoms with van der Waals surface area (Å²) in [6.45, 7) is 7.41. The smallest absolute Gasteiger partial charge is 0.179 e. The molecule has 1 N–H and O–H groups in total. The van der Waals surface area contributed by atoms with Crippen molar-refractivity contribution in [2.24, 2.45) is 5.92 Å². The van der Waals surface area contributed by atoms with Gasteiger partial charge in [-0.3, -0.25) is 4.79 Å². The summed E-state index contributed by atoms with van der Waals surface area (Å²) in [7, 11) is 4.20. The lowest BCUT2D eigenvalue weighted by Crippen LogP contribution is -2.61. The summed E-state index contributed by atoms with van der Waals surface area (Å²) in [5, 5.41) is 3.99. The SMILES string of the molecule is C=CC(=O)C[C@H]1COC[C@H]1Nc1cc2c(N3CC(C)(OC)C3)nc(-c3c(F)c(OC)cc(OC)c3F)nc2cn1. The maximum atomic E-state index is 15.4. The molecular formula is C28H31F2N5O5. The fourth-order valence-corrected chi connectivity index (χ4v) is 5.06. The molecule has 0 saturated carbocycles. The highest BCUT2D eigenvalue weighted by Gasteiger charge is 2.41. The van der Waals surface area contributed by atoms with Crippen molar-refractivity contribution in [2.45, 2.75) is 25.0 Å². The molecule has 4 heterocycles. The Kier molecular flexibility index (Phi) is 7.56. The minimum Gasteiger partial charge on any atom is -0.494 e. The molecule has 1 aromatic carbocycles. The minimum atomic E-state index is -0.941. The van der Waals surface area contributed by atoms with Crippen molar-refractivity contribution in [3.8, 4) is 22.9 Å². The third-order valence-corrected chi connectivity index (χ3v) is 7.42. The van der Waals surface area contributed by atoms with Gasteiger partial charge in [0.2, 0.25) is 0 Å². The van der Waals surface area contributed by atoms with E-state index in [-0.39, 0.29) is 35.1 Å². The summed E-state index contributed by atoms with van der Waals surface area (Å²) in [6.07, 6.45) is 3.15. The number of ketones is 1. The highest BCUT2D eigenvalue weighted by Crippen LogP contribution is 2.40. The molecule has 0 amide bonds. The topological polar surface area (TPSA) is 108 Å². The number of fused-ring (bicyclic) bond motifs is 1. The van der Waals surface area contributed by atoms with E-state index in [1.165, 1.54) is 26.5 Å². The Morgan fingerprint density at radius 2 is 1.88 bits per heavy atom. The zero-order valence-electron chi connectivity index (χ0n) is 22.8. The fourth-order valence-electron chi connectivity index (χ4n) is 5.06. The molecule has 40 heavy (non-hydrogen) atoms. The summed E-state index contributed by atoms with van der Waals surface area (Å²) in [5.41, 5.74) is -0.472. The largest absolute Gasteiger partial charge is 0.494 e. The van der Waals surface area contributed by atoms with E-state index >= 15 is 8.78 Å². The van der Waals surface area contributed by atoms with Crippen LogP contribution in [0.4, 0.5) is 20.4 Å². The number of hydrogen-bond acceptors (Lipinski definition) is 10. The number of methoxy groups -OCH3 is 3. The van der Waals surface area contributed by atoms with Gasteiger partial charge in [-0.05, 0) is 19.1 Å². The number of carbonyl (C=O) groups excluding carboxylic acids is 1. The second-order valence-electron chi connectivity index (χ2n) is 10.2. The quantitative estimate of drug-likeness (QED) is 0.371. The first-order valence-corrected chi connectivity index (χ1v) is 12.8. The molecule has 2 aliphatic heterocycles. The van der Waals surface area contributed by atoms with Crippen molar-refractivity contribution in [3.63, 3.8) is 0 Å². The molecule has 2 aliphatic rings. The van der Waals surface area contributed by atoms with Crippen LogP contribution in [0.25, 0.3) is 22.3 Å². The van der Waals surface area contributed by atoms with E-state index in [2.05, 4.69) is 26.8 Å². The minimum absolute atomic E-state index is 0.0344. The van der Waals surface area contributed by atoms with Crippen LogP contribution in [0.5, 0.6) is 11.5 Å². The lowest BCUT2D eigenvalue weighted by Gasteiger charge is -2.47. The Bertz CT molecular complexity index is 1430. The van der Waals surface area contributed by atoms with Crippen LogP contribution >= 0.6 is 0 Å². The first-order chi connectivity index (χ1) is 19.2. The third-order valence-electron chi connectivity index (χ3n) is 7.42. The number of nitrogens with one attached hydrogen (secondary N) is 1. The summed E-state index contributed by atoms with van der Waals surface area (Å²) in [6, 6.07) is 2.80. The third kappa shape index (κ3) is 5.04. The van der Waals surface area contributed by atoms with E-state index in [0.717, 1.165) is 6.07 Å². The van der Waals surface area contributed by atoms with E-state index in [4.69, 9.17) is 18.9 Å². The van der Waals surface area contributed by atoms with Gasteiger partial charge in [-0.1, -0.05) is 6.58 Å². The molecule has 0 unspecified atom stereocenters. The van der Waals surface area contributed by atoms with Gasteiger partial charge in [0.05, 0.1) is 56.4 Å². The Morgan fingerprint density at radius 3 is 2.50 bits per heavy atom. The van der Waals surface area contributed by atoms with Gasteiger partial charge in [0.1, 0.15) is 11.6 Å². The summed E-state index contributed by atoms with van der Waals surface area (Å²) in [5.74, 6) is -1.53. The van der Waals surface area contributed by atoms with Crippen molar-refractivity contribution in [2.75, 3.05) is 57.8 Å². The Labute approximate surface area is 230 Å². The monoisotopic (exact) mass is 555 g/mol. The number of hydrogen-bond donors (Lipinski definition) is 1. The molecule has 212 valence electrons. The van der Waals surface area contributed by atoms with E-state index in [1.54, 1.807) is 13.2 Å². The van der Waals surface area contributed by atoms with Crippen LogP contribution in [-0.4, -0.2) is 80.0 Å². The zero-order valence-corrected chi connectivity index (χ0v) is 22.8. The molecule has 0 bridgehead atoms. The molecule has 2 saturated heterocycles. The standard InChI is InChI=1S/C28H31F2N5O5/c1-6-16(36)7-15-11-40-12-19(15)32-22-8-17-18(10-31-22)33-26(34-27(17)35-13-28(2,14-35)39-5)23-24(29)20(37-3)9-21(38-4)25(23)30/h6,8-10,15,19H,1,7,11-14H2,2-5H3,(H,31,32)/t15-,19+/m0/s1. The van der Waals surface area contributed by atoms with Gasteiger partial charge in [-0.15, -0.1) is 0 Å². The van der Waals surface area contributed by atoms with Gasteiger partial charge in [0.25, 0.3) is 0 Å². The first kappa shape index (κ1) is 27.7. The van der Waals surface area contributed by atoms with Crippen LogP contribution in [0.1, 0.15) is 13.3 Å². The fraction of sp³-hybridized carbons (Fsp3) is 0.429. The number of allylic oxidation sites excluding steroid dienone is 1. The Hall–Kier alpha value is -3.90. The molecule has 0 radical (unpaired) electrons. The van der Waals surface area contributed by atoms with E-state index in [1.807, 2.05) is 11.8 Å². The van der Waals surface area contributed by atoms with Crippen LogP contribution < -0.4 is 19.7 Å². The molecule has 0 spiro atoms. The highest BCUT2D eigenvalue weighted by atomic mass is 19.1. The number of ether oxygens (including phenoxy) is 4. The maximum Gasteiger partial charge on any atom is 0.179 e.